The van der Waals surface area contributed by atoms with Crippen LogP contribution in [0.1, 0.15) is 48.0 Å². The Labute approximate surface area is 180 Å². The van der Waals surface area contributed by atoms with Crippen molar-refractivity contribution in [3.63, 3.8) is 0 Å². The molecule has 3 aliphatic rings. The summed E-state index contributed by atoms with van der Waals surface area (Å²) in [6, 6.07) is 0. The summed E-state index contributed by atoms with van der Waals surface area (Å²) in [6.45, 7) is 19.7. The molecule has 2 saturated carbocycles. The van der Waals surface area contributed by atoms with Crippen molar-refractivity contribution in [2.24, 2.45) is 27.6 Å². The van der Waals surface area contributed by atoms with Crippen LogP contribution in [0.4, 0.5) is 0 Å². The van der Waals surface area contributed by atoms with E-state index in [1.54, 1.807) is 25.2 Å². The molecule has 4 atom stereocenters. The van der Waals surface area contributed by atoms with Crippen molar-refractivity contribution in [1.82, 2.24) is 0 Å². The van der Waals surface area contributed by atoms with Gasteiger partial charge in [0.05, 0.1) is 11.2 Å². The van der Waals surface area contributed by atoms with Crippen LogP contribution in [0.15, 0.2) is 83.9 Å². The molecule has 3 aliphatic carbocycles. The number of Topliss-reactive ketones (excluding diaryl/α,β-unsaturated/α-hetero) is 1. The molecule has 0 aromatic heterocycles. The minimum atomic E-state index is -0.948. The van der Waals surface area contributed by atoms with Crippen molar-refractivity contribution in [1.29, 1.82) is 0 Å². The van der Waals surface area contributed by atoms with E-state index >= 15 is 0 Å². The topological polar surface area (TPSA) is 57.5 Å². The van der Waals surface area contributed by atoms with Crippen LogP contribution >= 0.6 is 0 Å². The summed E-state index contributed by atoms with van der Waals surface area (Å²) in [5.74, 6) is 0.699. The number of carbonyl (C=O) groups excluding carboxylic acids is 1. The number of carbonyl (C=O) groups is 1. The van der Waals surface area contributed by atoms with Crippen molar-refractivity contribution < 1.29 is 15.0 Å². The molecule has 0 heterocycles. The minimum Gasteiger partial charge on any atom is -0.513 e. The molecular formula is C27H34O3. The fourth-order valence-corrected chi connectivity index (χ4v) is 6.55. The van der Waals surface area contributed by atoms with Gasteiger partial charge in [-0.3, -0.25) is 4.79 Å². The fraction of sp³-hybridized carbons (Fsp3) is 0.444. The molecule has 0 saturated heterocycles. The Morgan fingerprint density at radius 3 is 2.23 bits per heavy atom. The molecule has 0 bridgehead atoms. The van der Waals surface area contributed by atoms with Gasteiger partial charge in [0, 0.05) is 10.8 Å². The van der Waals surface area contributed by atoms with Gasteiger partial charge in [-0.1, -0.05) is 63.0 Å². The number of aliphatic hydroxyl groups is 2. The van der Waals surface area contributed by atoms with Crippen molar-refractivity contribution in [2.45, 2.75) is 48.0 Å². The first-order valence-electron chi connectivity index (χ1n) is 10.6. The Balaban J connectivity index is 2.44. The summed E-state index contributed by atoms with van der Waals surface area (Å²) >= 11 is 0. The smallest absolute Gasteiger partial charge is 0.158 e. The molecule has 3 unspecified atom stereocenters. The van der Waals surface area contributed by atoms with Crippen LogP contribution in [0.5, 0.6) is 0 Å². The summed E-state index contributed by atoms with van der Waals surface area (Å²) in [7, 11) is 0. The molecule has 0 aliphatic heterocycles. The van der Waals surface area contributed by atoms with Crippen LogP contribution in [0.3, 0.4) is 0 Å². The SMILES string of the molecule is C=C/C(=C\C=C(/C)O)C1(C(/C=C\C(=C)O)=C/C)C(=O)C(C)(C)C2=C[C@@]3(C)C(C)CC213. The second-order valence-electron chi connectivity index (χ2n) is 9.76. The summed E-state index contributed by atoms with van der Waals surface area (Å²) in [6.07, 6.45) is 13.7. The van der Waals surface area contributed by atoms with E-state index < -0.39 is 10.8 Å². The van der Waals surface area contributed by atoms with Crippen LogP contribution in [0.25, 0.3) is 0 Å². The van der Waals surface area contributed by atoms with Crippen LogP contribution in [0.2, 0.25) is 0 Å². The zero-order valence-corrected chi connectivity index (χ0v) is 19.0. The minimum absolute atomic E-state index is 0.0592. The van der Waals surface area contributed by atoms with Gasteiger partial charge in [-0.25, -0.2) is 0 Å². The van der Waals surface area contributed by atoms with Gasteiger partial charge in [-0.15, -0.1) is 0 Å². The summed E-state index contributed by atoms with van der Waals surface area (Å²) < 4.78 is 0. The second kappa shape index (κ2) is 6.73. The highest BCUT2D eigenvalue weighted by Gasteiger charge is 2.84. The van der Waals surface area contributed by atoms with Crippen molar-refractivity contribution in [3.05, 3.63) is 83.9 Å². The monoisotopic (exact) mass is 406 g/mol. The lowest BCUT2D eigenvalue weighted by atomic mass is 9.29. The van der Waals surface area contributed by atoms with E-state index in [0.717, 1.165) is 17.6 Å². The van der Waals surface area contributed by atoms with Crippen LogP contribution in [-0.2, 0) is 4.79 Å². The lowest BCUT2D eigenvalue weighted by molar-refractivity contribution is -0.152. The van der Waals surface area contributed by atoms with Gasteiger partial charge in [-0.2, -0.15) is 0 Å². The number of ketones is 1. The van der Waals surface area contributed by atoms with Crippen molar-refractivity contribution in [2.75, 3.05) is 0 Å². The molecule has 0 aromatic carbocycles. The third kappa shape index (κ3) is 2.29. The Bertz CT molecular complexity index is 980. The van der Waals surface area contributed by atoms with Crippen LogP contribution in [-0.4, -0.2) is 16.0 Å². The van der Waals surface area contributed by atoms with Gasteiger partial charge in [0.1, 0.15) is 5.76 Å². The number of hydrogen-bond acceptors (Lipinski definition) is 3. The Morgan fingerprint density at radius 1 is 1.17 bits per heavy atom. The molecule has 30 heavy (non-hydrogen) atoms. The number of hydrogen-bond donors (Lipinski definition) is 2. The van der Waals surface area contributed by atoms with Gasteiger partial charge >= 0.3 is 0 Å². The molecule has 2 fully saturated rings. The average Bonchev–Trinajstić information content (AvgIpc) is 2.80. The Hall–Kier alpha value is -2.55. The van der Waals surface area contributed by atoms with E-state index in [1.807, 2.05) is 39.0 Å². The highest BCUT2D eigenvalue weighted by Crippen LogP contribution is 2.87. The van der Waals surface area contributed by atoms with Crippen LogP contribution in [0, 0.1) is 27.6 Å². The maximum Gasteiger partial charge on any atom is 0.158 e. The van der Waals surface area contributed by atoms with Gasteiger partial charge in [-0.05, 0) is 68.7 Å². The molecule has 3 rings (SSSR count). The third-order valence-electron chi connectivity index (χ3n) is 8.04. The largest absolute Gasteiger partial charge is 0.513 e. The van der Waals surface area contributed by atoms with Crippen molar-refractivity contribution in [3.8, 4) is 0 Å². The van der Waals surface area contributed by atoms with E-state index in [2.05, 4.69) is 33.1 Å². The maximum absolute atomic E-state index is 14.4. The number of allylic oxidation sites excluding steroid dienone is 11. The normalized spacial score (nSPS) is 37.8. The molecule has 3 nitrogen and oxygen atoms in total. The van der Waals surface area contributed by atoms with Gasteiger partial charge < -0.3 is 10.2 Å². The fourth-order valence-electron chi connectivity index (χ4n) is 6.55. The van der Waals surface area contributed by atoms with E-state index in [-0.39, 0.29) is 28.1 Å². The number of rotatable bonds is 6. The van der Waals surface area contributed by atoms with E-state index in [0.29, 0.717) is 5.92 Å². The van der Waals surface area contributed by atoms with Gasteiger partial charge in [0.15, 0.2) is 5.78 Å². The molecule has 0 aromatic rings. The van der Waals surface area contributed by atoms with E-state index in [4.69, 9.17) is 0 Å². The third-order valence-corrected chi connectivity index (χ3v) is 8.04. The highest BCUT2D eigenvalue weighted by molar-refractivity contribution is 6.06. The lowest BCUT2D eigenvalue weighted by Crippen LogP contribution is -2.68. The predicted molar refractivity (Wildman–Crippen MR) is 123 cm³/mol. The van der Waals surface area contributed by atoms with Crippen LogP contribution < -0.4 is 0 Å². The van der Waals surface area contributed by atoms with E-state index in [9.17, 15) is 15.0 Å². The highest BCUT2D eigenvalue weighted by atomic mass is 16.3. The quantitative estimate of drug-likeness (QED) is 0.293. The summed E-state index contributed by atoms with van der Waals surface area (Å²) in [5, 5.41) is 19.6. The first kappa shape index (κ1) is 22.1. The maximum atomic E-state index is 14.4. The van der Waals surface area contributed by atoms with Crippen molar-refractivity contribution >= 4 is 5.78 Å². The number of aliphatic hydroxyl groups excluding tert-OH is 2. The summed E-state index contributed by atoms with van der Waals surface area (Å²) in [4.78, 5) is 14.4. The molecule has 160 valence electrons. The van der Waals surface area contributed by atoms with Gasteiger partial charge in [0.2, 0.25) is 0 Å². The Kier molecular flexibility index (Phi) is 4.97. The zero-order chi connectivity index (χ0) is 22.7. The molecule has 0 amide bonds. The molecule has 0 radical (unpaired) electrons. The second-order valence-corrected chi connectivity index (χ2v) is 9.76. The molecule has 1 spiro atoms. The molecule has 3 heteroatoms. The predicted octanol–water partition coefficient (Wildman–Crippen LogP) is 6.70. The lowest BCUT2D eigenvalue weighted by Gasteiger charge is -2.73. The summed E-state index contributed by atoms with van der Waals surface area (Å²) in [5.41, 5.74) is 0.788. The molecule has 2 N–H and O–H groups in total. The zero-order valence-electron chi connectivity index (χ0n) is 19.0. The van der Waals surface area contributed by atoms with Gasteiger partial charge in [0.25, 0.3) is 0 Å². The molecular weight excluding hydrogens is 372 g/mol. The average molecular weight is 407 g/mol. The first-order chi connectivity index (χ1) is 13.9. The Morgan fingerprint density at radius 2 is 1.80 bits per heavy atom. The standard InChI is InChI=1S/C27H34O3/c1-9-20(13-11-18(4)28)27(21(10-2)14-12-19(5)29)23(30)24(6,7)22-16-25(8)17(3)15-26(22,25)27/h9-14,16-17,28-29H,1,5,15H2,2-4,6-8H3/b14-12-,18-11+,20-13+,21-10+/t17?,25-,26?,27?/m0/s1. The van der Waals surface area contributed by atoms with E-state index in [1.165, 1.54) is 5.57 Å². The first-order valence-corrected chi connectivity index (χ1v) is 10.6.